The van der Waals surface area contributed by atoms with E-state index in [-0.39, 0.29) is 28.2 Å². The molecule has 1 heterocycles. The Morgan fingerprint density at radius 1 is 1.20 bits per heavy atom. The molecule has 0 aliphatic heterocycles. The van der Waals surface area contributed by atoms with Gasteiger partial charge in [0.25, 0.3) is 18.2 Å². The molecule has 1 aliphatic rings. The van der Waals surface area contributed by atoms with Gasteiger partial charge in [-0.05, 0) is 56.5 Å². The second kappa shape index (κ2) is 13.4. The highest BCUT2D eigenvalue weighted by atomic mass is 35.5. The lowest BCUT2D eigenvalue weighted by molar-refractivity contribution is -0.135. The molecule has 218 valence electrons. The van der Waals surface area contributed by atoms with E-state index in [2.05, 4.69) is 15.3 Å². The first-order valence-corrected chi connectivity index (χ1v) is 13.0. The fraction of sp³-hybridized carbons (Fsp3) is 0.481. The van der Waals surface area contributed by atoms with Crippen LogP contribution in [0, 0.1) is 5.92 Å². The Morgan fingerprint density at radius 3 is 2.50 bits per heavy atom. The number of aliphatic imine (C=N–C) groups is 1. The number of carbonyl (C=O) groups is 2. The van der Waals surface area contributed by atoms with E-state index in [0.717, 1.165) is 31.5 Å². The molecular weight excluding hydrogens is 559 g/mol. The number of hydrogen-bond donors (Lipinski definition) is 2. The molecule has 3 rings (SSSR count). The number of ether oxygens (including phenoxy) is 1. The molecule has 1 aliphatic carbocycles. The van der Waals surface area contributed by atoms with Crippen LogP contribution in [0.5, 0.6) is 5.75 Å². The van der Waals surface area contributed by atoms with Crippen LogP contribution < -0.4 is 15.4 Å². The fourth-order valence-corrected chi connectivity index (χ4v) is 4.14. The maximum absolute atomic E-state index is 13.5. The number of halogens is 6. The summed E-state index contributed by atoms with van der Waals surface area (Å²) < 4.78 is 69.5. The molecule has 0 bridgehead atoms. The summed E-state index contributed by atoms with van der Waals surface area (Å²) in [4.78, 5) is 33.2. The molecule has 2 N–H and O–H groups in total. The van der Waals surface area contributed by atoms with E-state index < -0.39 is 42.1 Å². The van der Waals surface area contributed by atoms with Gasteiger partial charge in [-0.25, -0.2) is 18.8 Å². The first kappa shape index (κ1) is 31.3. The Hall–Kier alpha value is -3.28. The fourth-order valence-electron chi connectivity index (χ4n) is 3.96. The SMILES string of the molecule is CC(C)(Oc1ccc(Cl)cc1C(F)F)C(=O)NC(CC=Nc1ccc(C(=O)NCC(F)(F)F)cn1)CC1CCC1. The zero-order valence-electron chi connectivity index (χ0n) is 21.9. The Balaban J connectivity index is 1.63. The zero-order valence-corrected chi connectivity index (χ0v) is 22.7. The topological polar surface area (TPSA) is 92.7 Å². The van der Waals surface area contributed by atoms with Crippen molar-refractivity contribution in [2.24, 2.45) is 10.9 Å². The molecule has 0 saturated heterocycles. The summed E-state index contributed by atoms with van der Waals surface area (Å²) in [5.74, 6) is -0.886. The molecule has 0 spiro atoms. The maximum atomic E-state index is 13.5. The Bertz CT molecular complexity index is 1200. The molecule has 2 amide bonds. The maximum Gasteiger partial charge on any atom is 0.405 e. The highest BCUT2D eigenvalue weighted by molar-refractivity contribution is 6.30. The summed E-state index contributed by atoms with van der Waals surface area (Å²) in [5, 5.41) is 4.83. The van der Waals surface area contributed by atoms with Gasteiger partial charge in [0.15, 0.2) is 11.4 Å². The number of alkyl halides is 5. The van der Waals surface area contributed by atoms with Crippen LogP contribution in [0.2, 0.25) is 5.02 Å². The summed E-state index contributed by atoms with van der Waals surface area (Å²) in [6, 6.07) is 6.18. The molecule has 1 unspecified atom stereocenters. The first-order chi connectivity index (χ1) is 18.7. The second-order valence-electron chi connectivity index (χ2n) is 10.0. The van der Waals surface area contributed by atoms with Crippen LogP contribution in [0.25, 0.3) is 0 Å². The quantitative estimate of drug-likeness (QED) is 0.216. The summed E-state index contributed by atoms with van der Waals surface area (Å²) in [7, 11) is 0. The number of nitrogens with one attached hydrogen (secondary N) is 2. The number of pyridine rings is 1. The summed E-state index contributed by atoms with van der Waals surface area (Å²) >= 11 is 5.83. The standard InChI is InChI=1S/C27H30ClF5N4O3/c1-26(2,40-21-8-7-18(28)13-20(21)23(29)30)25(39)37-19(12-16-4-3-5-16)10-11-34-22-9-6-17(14-35-22)24(38)36-15-27(31,32)33/h6-9,11,13-14,16,19,23H,3-5,10,12,15H2,1-2H3,(H,36,38)(H,37,39). The predicted octanol–water partition coefficient (Wildman–Crippen LogP) is 6.59. The molecule has 1 aromatic heterocycles. The van der Waals surface area contributed by atoms with E-state index in [1.165, 1.54) is 38.1 Å². The number of amides is 2. The summed E-state index contributed by atoms with van der Waals surface area (Å²) in [6.45, 7) is 1.52. The van der Waals surface area contributed by atoms with E-state index in [9.17, 15) is 31.5 Å². The summed E-state index contributed by atoms with van der Waals surface area (Å²) in [5.41, 5.74) is -1.93. The molecule has 13 heteroatoms. The van der Waals surface area contributed by atoms with Crippen molar-refractivity contribution in [2.45, 2.75) is 70.2 Å². The van der Waals surface area contributed by atoms with E-state index in [4.69, 9.17) is 16.3 Å². The monoisotopic (exact) mass is 588 g/mol. The minimum Gasteiger partial charge on any atom is -0.478 e. The van der Waals surface area contributed by atoms with Crippen molar-refractivity contribution in [3.63, 3.8) is 0 Å². The van der Waals surface area contributed by atoms with Gasteiger partial charge >= 0.3 is 6.18 Å². The van der Waals surface area contributed by atoms with Gasteiger partial charge < -0.3 is 15.4 Å². The van der Waals surface area contributed by atoms with Crippen LogP contribution in [0.15, 0.2) is 41.5 Å². The molecule has 1 saturated carbocycles. The molecular formula is C27H30ClF5N4O3. The molecule has 1 aromatic carbocycles. The van der Waals surface area contributed by atoms with Crippen LogP contribution in [0.4, 0.5) is 27.8 Å². The van der Waals surface area contributed by atoms with Crippen LogP contribution >= 0.6 is 11.6 Å². The number of hydrogen-bond acceptors (Lipinski definition) is 5. The third-order valence-corrected chi connectivity index (χ3v) is 6.60. The van der Waals surface area contributed by atoms with Crippen LogP contribution in [-0.2, 0) is 4.79 Å². The van der Waals surface area contributed by atoms with Gasteiger partial charge in [0.1, 0.15) is 12.3 Å². The van der Waals surface area contributed by atoms with Crippen molar-refractivity contribution in [1.82, 2.24) is 15.6 Å². The predicted molar refractivity (Wildman–Crippen MR) is 140 cm³/mol. The van der Waals surface area contributed by atoms with Crippen LogP contribution in [0.1, 0.15) is 68.3 Å². The highest BCUT2D eigenvalue weighted by Crippen LogP contribution is 2.34. The second-order valence-corrected chi connectivity index (χ2v) is 10.5. The summed E-state index contributed by atoms with van der Waals surface area (Å²) in [6.07, 6.45) is -0.505. The van der Waals surface area contributed by atoms with E-state index in [1.807, 2.05) is 0 Å². The van der Waals surface area contributed by atoms with Crippen molar-refractivity contribution in [3.8, 4) is 5.75 Å². The lowest BCUT2D eigenvalue weighted by Gasteiger charge is -2.32. The van der Waals surface area contributed by atoms with Crippen molar-refractivity contribution in [2.75, 3.05) is 6.54 Å². The largest absolute Gasteiger partial charge is 0.478 e. The van der Waals surface area contributed by atoms with Crippen molar-refractivity contribution < 1.29 is 36.3 Å². The number of carbonyl (C=O) groups excluding carboxylic acids is 2. The van der Waals surface area contributed by atoms with Crippen molar-refractivity contribution in [1.29, 1.82) is 0 Å². The van der Waals surface area contributed by atoms with Crippen LogP contribution in [-0.4, -0.2) is 47.4 Å². The minimum absolute atomic E-state index is 0.0451. The number of aromatic nitrogens is 1. The Morgan fingerprint density at radius 2 is 1.93 bits per heavy atom. The van der Waals surface area contributed by atoms with E-state index in [1.54, 1.807) is 11.5 Å². The lowest BCUT2D eigenvalue weighted by atomic mass is 9.80. The average Bonchev–Trinajstić information content (AvgIpc) is 2.85. The number of benzene rings is 1. The van der Waals surface area contributed by atoms with Gasteiger partial charge in [-0.1, -0.05) is 30.9 Å². The van der Waals surface area contributed by atoms with Gasteiger partial charge in [0, 0.05) is 29.9 Å². The Labute approximate surface area is 233 Å². The van der Waals surface area contributed by atoms with Gasteiger partial charge in [-0.3, -0.25) is 9.59 Å². The van der Waals surface area contributed by atoms with Gasteiger partial charge in [-0.2, -0.15) is 13.2 Å². The third kappa shape index (κ3) is 9.42. The molecule has 2 aromatic rings. The molecule has 7 nitrogen and oxygen atoms in total. The molecule has 1 atom stereocenters. The zero-order chi connectivity index (χ0) is 29.5. The van der Waals surface area contributed by atoms with Crippen LogP contribution in [0.3, 0.4) is 0 Å². The Kier molecular flexibility index (Phi) is 10.5. The van der Waals surface area contributed by atoms with Crippen molar-refractivity contribution >= 4 is 35.4 Å². The molecule has 40 heavy (non-hydrogen) atoms. The minimum atomic E-state index is -4.52. The third-order valence-electron chi connectivity index (χ3n) is 6.37. The smallest absolute Gasteiger partial charge is 0.405 e. The van der Waals surface area contributed by atoms with Crippen molar-refractivity contribution in [3.05, 3.63) is 52.7 Å². The number of nitrogens with zero attached hydrogens (tertiary/aromatic N) is 2. The molecule has 0 radical (unpaired) electrons. The average molecular weight is 589 g/mol. The van der Waals surface area contributed by atoms with E-state index >= 15 is 0 Å². The number of rotatable bonds is 12. The van der Waals surface area contributed by atoms with Gasteiger partial charge in [-0.15, -0.1) is 0 Å². The van der Waals surface area contributed by atoms with Gasteiger partial charge in [0.05, 0.1) is 11.1 Å². The molecule has 1 fully saturated rings. The first-order valence-electron chi connectivity index (χ1n) is 12.6. The van der Waals surface area contributed by atoms with Gasteiger partial charge in [0.2, 0.25) is 0 Å². The van der Waals surface area contributed by atoms with E-state index in [0.29, 0.717) is 18.8 Å². The lowest BCUT2D eigenvalue weighted by Crippen LogP contribution is -2.50. The normalized spacial score (nSPS) is 15.1. The highest BCUT2D eigenvalue weighted by Gasteiger charge is 2.34.